The Morgan fingerprint density at radius 1 is 0.574 bits per heavy atom. The van der Waals surface area contributed by atoms with Crippen LogP contribution in [-0.4, -0.2) is 82.6 Å². The number of nitrogens with one attached hydrogen (secondary N) is 2. The molecule has 0 amide bonds. The van der Waals surface area contributed by atoms with Crippen LogP contribution < -0.4 is 10.6 Å². The molecule has 0 saturated heterocycles. The number of rotatable bonds is 44. The van der Waals surface area contributed by atoms with Gasteiger partial charge in [0.1, 0.15) is 12.2 Å². The van der Waals surface area contributed by atoms with Crippen molar-refractivity contribution in [2.75, 3.05) is 38.5 Å². The summed E-state index contributed by atoms with van der Waals surface area (Å²) >= 11 is 0. The van der Waals surface area contributed by atoms with Crippen molar-refractivity contribution in [2.45, 2.75) is 265 Å². The molecule has 1 aliphatic heterocycles. The lowest BCUT2D eigenvalue weighted by Gasteiger charge is -2.32. The van der Waals surface area contributed by atoms with Crippen molar-refractivity contribution in [3.05, 3.63) is 0 Å². The van der Waals surface area contributed by atoms with E-state index in [0.29, 0.717) is 25.3 Å². The van der Waals surface area contributed by atoms with Gasteiger partial charge in [0.25, 0.3) is 0 Å². The third kappa shape index (κ3) is 36.5. The smallest absolute Gasteiger partial charge is 0.306 e. The van der Waals surface area contributed by atoms with Crippen molar-refractivity contribution in [1.29, 1.82) is 0 Å². The van der Waals surface area contributed by atoms with E-state index in [4.69, 9.17) is 9.47 Å². The Bertz CT molecular complexity index is 1030. The van der Waals surface area contributed by atoms with Crippen LogP contribution in [0.1, 0.15) is 252 Å². The summed E-state index contributed by atoms with van der Waals surface area (Å²) in [7, 11) is -2.87. The summed E-state index contributed by atoms with van der Waals surface area (Å²) in [6.07, 6.45) is 39.8. The lowest BCUT2D eigenvalue weighted by molar-refractivity contribution is -0.150. The lowest BCUT2D eigenvalue weighted by atomic mass is 10.0. The first kappa shape index (κ1) is 57.5. The molecule has 11 heteroatoms. The van der Waals surface area contributed by atoms with Crippen LogP contribution in [0.3, 0.4) is 0 Å². The molecule has 0 radical (unpaired) electrons. The van der Waals surface area contributed by atoms with Gasteiger partial charge in [-0.05, 0) is 96.7 Å². The molecule has 1 heterocycles. The summed E-state index contributed by atoms with van der Waals surface area (Å²) in [5.41, 5.74) is 0. The van der Waals surface area contributed by atoms with Gasteiger partial charge in [0, 0.05) is 25.9 Å². The number of unbranched alkanes of at least 4 members (excludes halogenated alkanes) is 23. The van der Waals surface area contributed by atoms with Crippen LogP contribution in [0.2, 0.25) is 0 Å². The van der Waals surface area contributed by atoms with Crippen LogP contribution in [0, 0.1) is 0 Å². The van der Waals surface area contributed by atoms with Crippen molar-refractivity contribution >= 4 is 28.7 Å². The van der Waals surface area contributed by atoms with E-state index < -0.39 is 10.8 Å². The maximum atomic E-state index is 12.9. The fraction of sp³-hybridized carbons (Fsp3) is 0.940. The number of carbonyl (C=O) groups excluding carboxylic acids is 2. The lowest BCUT2D eigenvalue weighted by Crippen LogP contribution is -2.43. The van der Waals surface area contributed by atoms with Gasteiger partial charge in [-0.2, -0.15) is 0 Å². The maximum Gasteiger partial charge on any atom is 0.306 e. The highest BCUT2D eigenvalue weighted by Gasteiger charge is 2.18. The Labute approximate surface area is 378 Å². The predicted octanol–water partition coefficient (Wildman–Crippen LogP) is 14.1. The molecule has 0 spiro atoms. The van der Waals surface area contributed by atoms with Gasteiger partial charge in [0.05, 0.1) is 5.75 Å². The van der Waals surface area contributed by atoms with E-state index in [9.17, 15) is 18.7 Å². The van der Waals surface area contributed by atoms with Crippen molar-refractivity contribution in [3.63, 3.8) is 0 Å². The number of nitrogens with zero attached hydrogens (tertiary/aromatic N) is 2. The highest BCUT2D eigenvalue weighted by atomic mass is 32.3. The molecule has 362 valence electrons. The molecule has 0 aromatic rings. The van der Waals surface area contributed by atoms with Crippen LogP contribution in [0.15, 0.2) is 4.40 Å². The van der Waals surface area contributed by atoms with Gasteiger partial charge in [-0.25, -0.2) is 0 Å². The van der Waals surface area contributed by atoms with Gasteiger partial charge >= 0.3 is 11.9 Å². The highest BCUT2D eigenvalue weighted by Crippen LogP contribution is 2.40. The summed E-state index contributed by atoms with van der Waals surface area (Å²) in [5, 5.41) is 6.38. The molecular weight excluding hydrogens is 785 g/mol. The van der Waals surface area contributed by atoms with Crippen molar-refractivity contribution in [1.82, 2.24) is 15.5 Å². The molecule has 1 unspecified atom stereocenters. The molecule has 0 fully saturated rings. The summed E-state index contributed by atoms with van der Waals surface area (Å²) in [6.45, 7) is 13.2. The van der Waals surface area contributed by atoms with Gasteiger partial charge in [-0.3, -0.25) is 18.7 Å². The number of hydrogen-bond donors (Lipinski definition) is 4. The molecule has 0 bridgehead atoms. The molecule has 0 saturated carbocycles. The highest BCUT2D eigenvalue weighted by molar-refractivity contribution is 8.23. The zero-order valence-corrected chi connectivity index (χ0v) is 41.3. The fourth-order valence-electron chi connectivity index (χ4n) is 8.30. The Morgan fingerprint density at radius 2 is 0.967 bits per heavy atom. The molecule has 1 aliphatic rings. The zero-order chi connectivity index (χ0) is 44.5. The van der Waals surface area contributed by atoms with E-state index in [1.807, 2.05) is 0 Å². The molecule has 0 aliphatic carbocycles. The first-order chi connectivity index (χ1) is 29.7. The predicted molar refractivity (Wildman–Crippen MR) is 262 cm³/mol. The Morgan fingerprint density at radius 3 is 1.43 bits per heavy atom. The Balaban J connectivity index is 2.39. The standard InChI is InChI=1S/C50H100N4O6S/c1-5-9-12-15-20-27-35-46(8-4)59-48(55)38-30-23-18-25-32-42-54(44-34-40-51-50-52-41-45-61(57,58)53-50)43-33-26-19-24-31-39-49(56)60-47(36-28-21-16-13-10-6-2)37-29-22-17-14-11-7-3/h46-47,57-58H,5-45H2,1-4H3,(H2,51,52,53). The van der Waals surface area contributed by atoms with E-state index in [1.165, 1.54) is 109 Å². The van der Waals surface area contributed by atoms with Crippen molar-refractivity contribution in [2.24, 2.45) is 4.40 Å². The largest absolute Gasteiger partial charge is 0.462 e. The molecule has 10 nitrogen and oxygen atoms in total. The van der Waals surface area contributed by atoms with Gasteiger partial charge in [-0.15, -0.1) is 4.40 Å². The molecular formula is C50H100N4O6S. The molecule has 0 aromatic carbocycles. The molecule has 4 N–H and O–H groups in total. The van der Waals surface area contributed by atoms with Crippen LogP contribution in [0.25, 0.3) is 0 Å². The number of ether oxygens (including phenoxy) is 2. The van der Waals surface area contributed by atoms with E-state index in [1.54, 1.807) is 0 Å². The third-order valence-electron chi connectivity index (χ3n) is 12.3. The van der Waals surface area contributed by atoms with E-state index in [-0.39, 0.29) is 29.9 Å². The first-order valence-electron chi connectivity index (χ1n) is 26.2. The topological polar surface area (TPSA) is 133 Å². The van der Waals surface area contributed by atoms with Crippen LogP contribution in [0.4, 0.5) is 0 Å². The molecule has 1 atom stereocenters. The number of carbonyl (C=O) groups is 2. The van der Waals surface area contributed by atoms with Crippen LogP contribution in [-0.2, 0) is 19.1 Å². The average molecular weight is 885 g/mol. The van der Waals surface area contributed by atoms with Gasteiger partial charge in [0.2, 0.25) is 5.96 Å². The third-order valence-corrected chi connectivity index (χ3v) is 13.5. The van der Waals surface area contributed by atoms with Gasteiger partial charge < -0.3 is 25.0 Å². The quantitative estimate of drug-likeness (QED) is 0.0349. The second kappa shape index (κ2) is 41.2. The van der Waals surface area contributed by atoms with Crippen molar-refractivity contribution < 1.29 is 28.2 Å². The second-order valence-corrected chi connectivity index (χ2v) is 20.0. The van der Waals surface area contributed by atoms with E-state index in [0.717, 1.165) is 129 Å². The minimum absolute atomic E-state index is 0.00471. The zero-order valence-electron chi connectivity index (χ0n) is 40.5. The second-order valence-electron chi connectivity index (χ2n) is 18.2. The fourth-order valence-corrected chi connectivity index (χ4v) is 9.18. The van der Waals surface area contributed by atoms with Crippen molar-refractivity contribution in [3.8, 4) is 0 Å². The summed E-state index contributed by atoms with van der Waals surface area (Å²) in [6, 6.07) is 0. The molecule has 61 heavy (non-hydrogen) atoms. The maximum absolute atomic E-state index is 12.9. The minimum atomic E-state index is -2.87. The number of guanidine groups is 1. The van der Waals surface area contributed by atoms with E-state index >= 15 is 0 Å². The molecule has 0 aromatic heterocycles. The first-order valence-corrected chi connectivity index (χ1v) is 27.8. The van der Waals surface area contributed by atoms with Gasteiger partial charge in [-0.1, -0.05) is 173 Å². The average Bonchev–Trinajstić information content (AvgIpc) is 3.24. The van der Waals surface area contributed by atoms with Crippen LogP contribution in [0.5, 0.6) is 0 Å². The van der Waals surface area contributed by atoms with Crippen LogP contribution >= 0.6 is 10.8 Å². The molecule has 1 rings (SSSR count). The van der Waals surface area contributed by atoms with Gasteiger partial charge in [0.15, 0.2) is 0 Å². The summed E-state index contributed by atoms with van der Waals surface area (Å²) in [5.74, 6) is 0.728. The SMILES string of the molecule is CCCCCCCCC(CC)OC(=O)CCCCCCCN(CCCCCCCC(=O)OC(CCCCCCCC)CCCCCCCC)CCCNC1=NS(O)(O)CCN1. The minimum Gasteiger partial charge on any atom is -0.462 e. The monoisotopic (exact) mass is 885 g/mol. The number of hydrogen-bond acceptors (Lipinski definition) is 10. The van der Waals surface area contributed by atoms with E-state index in [2.05, 4.69) is 47.6 Å². The summed E-state index contributed by atoms with van der Waals surface area (Å²) < 4.78 is 35.8. The normalized spacial score (nSPS) is 14.8. The Kier molecular flexibility index (Phi) is 38.8. The number of esters is 2. The summed E-state index contributed by atoms with van der Waals surface area (Å²) in [4.78, 5) is 28.0. The Hall–Kier alpha value is -1.56.